The summed E-state index contributed by atoms with van der Waals surface area (Å²) in [4.78, 5) is 11.8. The molecule has 2 rings (SSSR count). The van der Waals surface area contributed by atoms with E-state index in [0.29, 0.717) is 5.65 Å². The van der Waals surface area contributed by atoms with Crippen molar-refractivity contribution in [2.75, 3.05) is 6.61 Å². The van der Waals surface area contributed by atoms with Gasteiger partial charge in [0, 0.05) is 11.6 Å². The molecule has 15 heavy (non-hydrogen) atoms. The maximum absolute atomic E-state index is 9.26. The molecule has 0 spiro atoms. The second-order valence-corrected chi connectivity index (χ2v) is 4.45. The number of aryl methyl sites for hydroxylation is 1. The van der Waals surface area contributed by atoms with Crippen LogP contribution in [0.4, 0.5) is 0 Å². The van der Waals surface area contributed by atoms with Gasteiger partial charge in [0.1, 0.15) is 5.82 Å². The first-order valence-corrected chi connectivity index (χ1v) is 4.97. The van der Waals surface area contributed by atoms with Gasteiger partial charge in [-0.1, -0.05) is 13.8 Å². The molecule has 0 radical (unpaired) electrons. The summed E-state index contributed by atoms with van der Waals surface area (Å²) < 4.78 is 0. The number of rotatable bonds is 2. The van der Waals surface area contributed by atoms with Gasteiger partial charge in [-0.05, 0) is 18.6 Å². The average Bonchev–Trinajstić information content (AvgIpc) is 2.64. The van der Waals surface area contributed by atoms with E-state index < -0.39 is 0 Å². The molecule has 0 atom stereocenters. The maximum Gasteiger partial charge on any atom is 0.177 e. The predicted octanol–water partition coefficient (Wildman–Crippen LogP) is 1.54. The Morgan fingerprint density at radius 1 is 1.47 bits per heavy atom. The lowest BCUT2D eigenvalue weighted by Crippen LogP contribution is -2.23. The summed E-state index contributed by atoms with van der Waals surface area (Å²) in [6.45, 7) is 5.96. The fourth-order valence-corrected chi connectivity index (χ4v) is 1.43. The predicted molar refractivity (Wildman–Crippen MR) is 58.7 cm³/mol. The van der Waals surface area contributed by atoms with Crippen molar-refractivity contribution in [3.8, 4) is 0 Å². The van der Waals surface area contributed by atoms with Crippen LogP contribution in [-0.4, -0.2) is 26.7 Å². The summed E-state index contributed by atoms with van der Waals surface area (Å²) in [5.41, 5.74) is 2.43. The third-order valence-electron chi connectivity index (χ3n) is 2.64. The van der Waals surface area contributed by atoms with Gasteiger partial charge in [-0.25, -0.2) is 9.97 Å². The SMILES string of the molecule is Cc1ccnc2nc(C(C)(C)CO)[nH]c12. The third-order valence-corrected chi connectivity index (χ3v) is 2.64. The summed E-state index contributed by atoms with van der Waals surface area (Å²) in [6, 6.07) is 1.94. The topological polar surface area (TPSA) is 61.8 Å². The first-order chi connectivity index (χ1) is 7.04. The normalized spacial score (nSPS) is 12.3. The van der Waals surface area contributed by atoms with Crippen molar-refractivity contribution in [2.24, 2.45) is 0 Å². The second-order valence-electron chi connectivity index (χ2n) is 4.45. The molecule has 0 saturated carbocycles. The zero-order chi connectivity index (χ0) is 11.1. The molecule has 2 aromatic rings. The van der Waals surface area contributed by atoms with Crippen LogP contribution in [0.15, 0.2) is 12.3 Å². The van der Waals surface area contributed by atoms with Crippen molar-refractivity contribution in [3.05, 3.63) is 23.7 Å². The van der Waals surface area contributed by atoms with Gasteiger partial charge in [-0.3, -0.25) is 0 Å². The van der Waals surface area contributed by atoms with Gasteiger partial charge in [0.2, 0.25) is 0 Å². The van der Waals surface area contributed by atoms with Crippen LogP contribution >= 0.6 is 0 Å². The fraction of sp³-hybridized carbons (Fsp3) is 0.455. The smallest absolute Gasteiger partial charge is 0.177 e. The number of nitrogens with one attached hydrogen (secondary N) is 1. The number of hydrogen-bond acceptors (Lipinski definition) is 3. The molecule has 4 heteroatoms. The molecule has 0 unspecified atom stereocenters. The standard InChI is InChI=1S/C11H15N3O/c1-7-4-5-12-9-8(7)13-10(14-9)11(2,3)6-15/h4-5,15H,6H2,1-3H3,(H,12,13,14). The zero-order valence-corrected chi connectivity index (χ0v) is 9.20. The van der Waals surface area contributed by atoms with Gasteiger partial charge in [0.15, 0.2) is 5.65 Å². The van der Waals surface area contributed by atoms with Crippen LogP contribution in [0.2, 0.25) is 0 Å². The van der Waals surface area contributed by atoms with E-state index in [-0.39, 0.29) is 12.0 Å². The van der Waals surface area contributed by atoms with E-state index in [1.165, 1.54) is 0 Å². The van der Waals surface area contributed by atoms with Crippen LogP contribution in [0.5, 0.6) is 0 Å². The zero-order valence-electron chi connectivity index (χ0n) is 9.20. The number of nitrogens with zero attached hydrogens (tertiary/aromatic N) is 2. The van der Waals surface area contributed by atoms with E-state index in [4.69, 9.17) is 0 Å². The molecule has 0 amide bonds. The van der Waals surface area contributed by atoms with Crippen LogP contribution in [-0.2, 0) is 5.41 Å². The largest absolute Gasteiger partial charge is 0.395 e. The van der Waals surface area contributed by atoms with Crippen molar-refractivity contribution in [2.45, 2.75) is 26.2 Å². The summed E-state index contributed by atoms with van der Waals surface area (Å²) in [6.07, 6.45) is 1.74. The highest BCUT2D eigenvalue weighted by Crippen LogP contribution is 2.22. The quantitative estimate of drug-likeness (QED) is 0.781. The molecule has 4 nitrogen and oxygen atoms in total. The van der Waals surface area contributed by atoms with Gasteiger partial charge in [-0.15, -0.1) is 0 Å². The molecule has 0 saturated heterocycles. The Balaban J connectivity index is 2.62. The van der Waals surface area contributed by atoms with Gasteiger partial charge in [-0.2, -0.15) is 0 Å². The lowest BCUT2D eigenvalue weighted by Gasteiger charge is -2.17. The van der Waals surface area contributed by atoms with Gasteiger partial charge < -0.3 is 10.1 Å². The van der Waals surface area contributed by atoms with E-state index >= 15 is 0 Å². The van der Waals surface area contributed by atoms with Crippen LogP contribution in [0.25, 0.3) is 11.2 Å². The van der Waals surface area contributed by atoms with E-state index in [2.05, 4.69) is 15.0 Å². The molecule has 0 bridgehead atoms. The molecule has 0 aliphatic carbocycles. The van der Waals surface area contributed by atoms with E-state index in [0.717, 1.165) is 16.9 Å². The molecule has 0 aliphatic rings. The molecule has 2 heterocycles. The van der Waals surface area contributed by atoms with Crippen molar-refractivity contribution < 1.29 is 5.11 Å². The Morgan fingerprint density at radius 2 is 2.20 bits per heavy atom. The number of aromatic amines is 1. The monoisotopic (exact) mass is 205 g/mol. The van der Waals surface area contributed by atoms with Gasteiger partial charge in [0.25, 0.3) is 0 Å². The molecule has 2 N–H and O–H groups in total. The third kappa shape index (κ3) is 1.61. The first-order valence-electron chi connectivity index (χ1n) is 4.97. The Kier molecular flexibility index (Phi) is 2.23. The number of aliphatic hydroxyl groups excluding tert-OH is 1. The van der Waals surface area contributed by atoms with Crippen LogP contribution < -0.4 is 0 Å². The van der Waals surface area contributed by atoms with Crippen molar-refractivity contribution in [1.82, 2.24) is 15.0 Å². The molecule has 0 aromatic carbocycles. The Bertz CT molecular complexity index is 488. The van der Waals surface area contributed by atoms with Gasteiger partial charge >= 0.3 is 0 Å². The number of H-pyrrole nitrogens is 1. The van der Waals surface area contributed by atoms with Crippen molar-refractivity contribution >= 4 is 11.2 Å². The second kappa shape index (κ2) is 3.31. The number of aromatic nitrogens is 3. The van der Waals surface area contributed by atoms with E-state index in [9.17, 15) is 5.11 Å². The van der Waals surface area contributed by atoms with Crippen molar-refractivity contribution in [1.29, 1.82) is 0 Å². The van der Waals surface area contributed by atoms with E-state index in [1.807, 2.05) is 26.8 Å². The number of imidazole rings is 1. The molecular weight excluding hydrogens is 190 g/mol. The highest BCUT2D eigenvalue weighted by Gasteiger charge is 2.23. The molecule has 2 aromatic heterocycles. The van der Waals surface area contributed by atoms with Crippen molar-refractivity contribution in [3.63, 3.8) is 0 Å². The van der Waals surface area contributed by atoms with Gasteiger partial charge in [0.05, 0.1) is 12.1 Å². The summed E-state index contributed by atoms with van der Waals surface area (Å²) in [5, 5.41) is 9.26. The number of hydrogen-bond donors (Lipinski definition) is 2. The number of aliphatic hydroxyl groups is 1. The van der Waals surface area contributed by atoms with Crippen LogP contribution in [0, 0.1) is 6.92 Å². The Labute approximate surface area is 88.4 Å². The minimum atomic E-state index is -0.354. The maximum atomic E-state index is 9.26. The summed E-state index contributed by atoms with van der Waals surface area (Å²) in [7, 11) is 0. The minimum absolute atomic E-state index is 0.0614. The van der Waals surface area contributed by atoms with Crippen LogP contribution in [0.1, 0.15) is 25.2 Å². The average molecular weight is 205 g/mol. The minimum Gasteiger partial charge on any atom is -0.395 e. The Hall–Kier alpha value is -1.42. The molecule has 80 valence electrons. The highest BCUT2D eigenvalue weighted by atomic mass is 16.3. The fourth-order valence-electron chi connectivity index (χ4n) is 1.43. The van der Waals surface area contributed by atoms with Crippen LogP contribution in [0.3, 0.4) is 0 Å². The Morgan fingerprint density at radius 3 is 2.80 bits per heavy atom. The lowest BCUT2D eigenvalue weighted by molar-refractivity contribution is 0.212. The molecular formula is C11H15N3O. The summed E-state index contributed by atoms with van der Waals surface area (Å²) in [5.74, 6) is 0.779. The number of fused-ring (bicyclic) bond motifs is 1. The number of pyridine rings is 1. The first kappa shape index (κ1) is 10.1. The van der Waals surface area contributed by atoms with E-state index in [1.54, 1.807) is 6.20 Å². The highest BCUT2D eigenvalue weighted by molar-refractivity contribution is 5.74. The summed E-state index contributed by atoms with van der Waals surface area (Å²) >= 11 is 0. The molecule has 0 aliphatic heterocycles. The lowest BCUT2D eigenvalue weighted by atomic mass is 9.94. The molecule has 0 fully saturated rings.